The predicted molar refractivity (Wildman–Crippen MR) is 107 cm³/mol. The molecule has 4 heteroatoms. The van der Waals surface area contributed by atoms with Crippen molar-refractivity contribution in [2.75, 3.05) is 13.2 Å². The number of nitrogens with two attached hydrogens (primary N) is 1. The third kappa shape index (κ3) is 4.47. The summed E-state index contributed by atoms with van der Waals surface area (Å²) < 4.78 is 6.80. The highest BCUT2D eigenvalue weighted by Crippen LogP contribution is 2.36. The summed E-state index contributed by atoms with van der Waals surface area (Å²) in [5.74, 6) is 5.13. The van der Waals surface area contributed by atoms with E-state index in [0.29, 0.717) is 13.2 Å². The fourth-order valence-electron chi connectivity index (χ4n) is 3.23. The monoisotopic (exact) mass is 355 g/mol. The summed E-state index contributed by atoms with van der Waals surface area (Å²) in [4.78, 5) is 4.66. The van der Waals surface area contributed by atoms with Crippen LogP contribution in [0.15, 0.2) is 72.3 Å². The van der Waals surface area contributed by atoms with Gasteiger partial charge in [0.1, 0.15) is 0 Å². The molecule has 0 spiro atoms. The van der Waals surface area contributed by atoms with Crippen LogP contribution < -0.4 is 16.3 Å². The molecule has 0 atom stereocenters. The van der Waals surface area contributed by atoms with E-state index in [4.69, 9.17) is 10.3 Å². The van der Waals surface area contributed by atoms with E-state index in [1.807, 2.05) is 6.08 Å². The summed E-state index contributed by atoms with van der Waals surface area (Å²) in [7, 11) is -2.46. The van der Waals surface area contributed by atoms with E-state index in [2.05, 4.69) is 93.2 Å². The van der Waals surface area contributed by atoms with E-state index < -0.39 is 8.32 Å². The van der Waals surface area contributed by atoms with Crippen molar-refractivity contribution >= 4 is 18.7 Å². The molecule has 0 aromatic heterocycles. The van der Waals surface area contributed by atoms with Gasteiger partial charge in [0, 0.05) is 0 Å². The number of benzene rings is 2. The van der Waals surface area contributed by atoms with E-state index in [1.165, 1.54) is 10.4 Å². The number of hydrogen-bond donors (Lipinski definition) is 1. The topological polar surface area (TPSA) is 44.5 Å². The Morgan fingerprint density at radius 3 is 1.84 bits per heavy atom. The van der Waals surface area contributed by atoms with Gasteiger partial charge in [-0.25, -0.2) is 5.90 Å². The fraction of sp³-hybridized carbons (Fsp3) is 0.333. The van der Waals surface area contributed by atoms with Crippen LogP contribution in [-0.2, 0) is 9.26 Å². The summed E-state index contributed by atoms with van der Waals surface area (Å²) in [6.45, 7) is 9.85. The van der Waals surface area contributed by atoms with Gasteiger partial charge in [-0.3, -0.25) is 0 Å². The Morgan fingerprint density at radius 2 is 1.44 bits per heavy atom. The zero-order valence-corrected chi connectivity index (χ0v) is 16.7. The van der Waals surface area contributed by atoms with Crippen LogP contribution in [0.5, 0.6) is 0 Å². The van der Waals surface area contributed by atoms with Crippen LogP contribution >= 0.6 is 0 Å². The van der Waals surface area contributed by atoms with Gasteiger partial charge < -0.3 is 9.26 Å². The Morgan fingerprint density at radius 1 is 0.960 bits per heavy atom. The fourth-order valence-corrected chi connectivity index (χ4v) is 7.83. The maximum atomic E-state index is 6.80. The van der Waals surface area contributed by atoms with Gasteiger partial charge in [-0.05, 0) is 22.3 Å². The molecule has 3 nitrogen and oxygen atoms in total. The van der Waals surface area contributed by atoms with Crippen LogP contribution in [-0.4, -0.2) is 21.5 Å². The SMILES string of the molecule is C/C(=C\CON)CO[Si](c1ccccc1)(c1ccccc1)C(C)(C)C. The zero-order valence-electron chi connectivity index (χ0n) is 15.7. The first-order chi connectivity index (χ1) is 11.9. The summed E-state index contributed by atoms with van der Waals surface area (Å²) >= 11 is 0. The second-order valence-corrected chi connectivity index (χ2v) is 11.6. The lowest BCUT2D eigenvalue weighted by atomic mass is 10.2. The second-order valence-electron chi connectivity index (χ2n) is 7.34. The first-order valence-electron chi connectivity index (χ1n) is 8.64. The lowest BCUT2D eigenvalue weighted by Gasteiger charge is -2.43. The molecule has 134 valence electrons. The van der Waals surface area contributed by atoms with Crippen molar-refractivity contribution in [3.8, 4) is 0 Å². The van der Waals surface area contributed by atoms with Gasteiger partial charge in [-0.15, -0.1) is 0 Å². The number of hydrogen-bond acceptors (Lipinski definition) is 3. The third-order valence-electron chi connectivity index (χ3n) is 4.46. The molecule has 2 aromatic rings. The molecule has 0 aliphatic rings. The molecular formula is C21H29NO2Si. The molecule has 0 aliphatic heterocycles. The van der Waals surface area contributed by atoms with Crippen LogP contribution in [0.2, 0.25) is 5.04 Å². The van der Waals surface area contributed by atoms with Gasteiger partial charge in [0.25, 0.3) is 8.32 Å². The number of rotatable bonds is 7. The lowest BCUT2D eigenvalue weighted by Crippen LogP contribution is -2.66. The summed E-state index contributed by atoms with van der Waals surface area (Å²) in [5.41, 5.74) is 1.12. The Hall–Kier alpha value is -1.72. The Labute approximate surface area is 152 Å². The highest BCUT2D eigenvalue weighted by atomic mass is 28.4. The van der Waals surface area contributed by atoms with E-state index in [-0.39, 0.29) is 5.04 Å². The maximum absolute atomic E-state index is 6.80. The van der Waals surface area contributed by atoms with Gasteiger partial charge >= 0.3 is 0 Å². The summed E-state index contributed by atoms with van der Waals surface area (Å²) in [5, 5.41) is 2.56. The minimum Gasteiger partial charge on any atom is -0.403 e. The van der Waals surface area contributed by atoms with Gasteiger partial charge in [-0.1, -0.05) is 93.1 Å². The highest BCUT2D eigenvalue weighted by Gasteiger charge is 2.50. The minimum absolute atomic E-state index is 0.0135. The quantitative estimate of drug-likeness (QED) is 0.470. The third-order valence-corrected chi connectivity index (χ3v) is 9.44. The van der Waals surface area contributed by atoms with Crippen molar-refractivity contribution in [3.05, 3.63) is 72.3 Å². The maximum Gasteiger partial charge on any atom is 0.261 e. The predicted octanol–water partition coefficient (Wildman–Crippen LogP) is 3.40. The van der Waals surface area contributed by atoms with E-state index in [1.54, 1.807) is 0 Å². The molecule has 0 saturated heterocycles. The average molecular weight is 356 g/mol. The molecule has 0 unspecified atom stereocenters. The molecule has 0 saturated carbocycles. The molecule has 25 heavy (non-hydrogen) atoms. The Bertz CT molecular complexity index is 639. The average Bonchev–Trinajstić information content (AvgIpc) is 2.61. The normalized spacial score (nSPS) is 13.1. The van der Waals surface area contributed by atoms with Crippen molar-refractivity contribution in [1.29, 1.82) is 0 Å². The lowest BCUT2D eigenvalue weighted by molar-refractivity contribution is 0.167. The van der Waals surface area contributed by atoms with Crippen molar-refractivity contribution in [1.82, 2.24) is 0 Å². The van der Waals surface area contributed by atoms with Crippen LogP contribution in [0.25, 0.3) is 0 Å². The molecule has 0 aliphatic carbocycles. The van der Waals surface area contributed by atoms with Crippen LogP contribution in [0.3, 0.4) is 0 Å². The van der Waals surface area contributed by atoms with Crippen molar-refractivity contribution in [2.24, 2.45) is 5.90 Å². The van der Waals surface area contributed by atoms with E-state index >= 15 is 0 Å². The summed E-state index contributed by atoms with van der Waals surface area (Å²) in [6.07, 6.45) is 1.97. The molecule has 0 fully saturated rings. The van der Waals surface area contributed by atoms with Gasteiger partial charge in [0.05, 0.1) is 13.2 Å². The Balaban J connectivity index is 2.53. The molecule has 0 bridgehead atoms. The molecule has 2 aromatic carbocycles. The first kappa shape index (κ1) is 19.6. The van der Waals surface area contributed by atoms with Gasteiger partial charge in [0.15, 0.2) is 0 Å². The zero-order chi connectivity index (χ0) is 18.3. The van der Waals surface area contributed by atoms with E-state index in [0.717, 1.165) is 5.57 Å². The smallest absolute Gasteiger partial charge is 0.261 e. The Kier molecular flexibility index (Phi) is 6.73. The molecular weight excluding hydrogens is 326 g/mol. The van der Waals surface area contributed by atoms with E-state index in [9.17, 15) is 0 Å². The van der Waals surface area contributed by atoms with Crippen molar-refractivity contribution < 1.29 is 9.26 Å². The van der Waals surface area contributed by atoms with Crippen molar-refractivity contribution in [3.63, 3.8) is 0 Å². The summed E-state index contributed by atoms with van der Waals surface area (Å²) in [6, 6.07) is 21.3. The van der Waals surface area contributed by atoms with Crippen LogP contribution in [0, 0.1) is 0 Å². The second kappa shape index (κ2) is 8.58. The minimum atomic E-state index is -2.46. The van der Waals surface area contributed by atoms with Crippen LogP contribution in [0.1, 0.15) is 27.7 Å². The molecule has 0 heterocycles. The molecule has 2 rings (SSSR count). The molecule has 0 amide bonds. The van der Waals surface area contributed by atoms with Gasteiger partial charge in [-0.2, -0.15) is 0 Å². The first-order valence-corrected chi connectivity index (χ1v) is 10.5. The standard InChI is InChI=1S/C21H29NO2Si/c1-18(15-16-23-22)17-24-25(21(2,3)4,19-11-7-5-8-12-19)20-13-9-6-10-14-20/h5-15H,16-17,22H2,1-4H3/b18-15+. The molecule has 0 radical (unpaired) electrons. The largest absolute Gasteiger partial charge is 0.403 e. The van der Waals surface area contributed by atoms with Gasteiger partial charge in [0.2, 0.25) is 0 Å². The van der Waals surface area contributed by atoms with Crippen LogP contribution in [0.4, 0.5) is 0 Å². The molecule has 2 N–H and O–H groups in total. The highest BCUT2D eigenvalue weighted by molar-refractivity contribution is 6.99. The van der Waals surface area contributed by atoms with Crippen molar-refractivity contribution in [2.45, 2.75) is 32.7 Å².